The molecule has 0 saturated carbocycles. The topological polar surface area (TPSA) is 86.6 Å². The van der Waals surface area contributed by atoms with Crippen molar-refractivity contribution in [1.82, 2.24) is 15.3 Å². The van der Waals surface area contributed by atoms with Crippen LogP contribution in [0.4, 0.5) is 0 Å². The van der Waals surface area contributed by atoms with Gasteiger partial charge in [0.15, 0.2) is 0 Å². The smallest absolute Gasteiger partial charge is 0.259 e. The van der Waals surface area contributed by atoms with Gasteiger partial charge in [-0.15, -0.1) is 0 Å². The summed E-state index contributed by atoms with van der Waals surface area (Å²) in [4.78, 5) is 12.1. The number of rotatable bonds is 11. The summed E-state index contributed by atoms with van der Waals surface area (Å²) in [5.74, 6) is 0.224. The minimum absolute atomic E-state index is 0.109. The molecule has 25 heavy (non-hydrogen) atoms. The molecule has 1 heterocycles. The van der Waals surface area contributed by atoms with E-state index in [1.54, 1.807) is 0 Å². The lowest BCUT2D eigenvalue weighted by Crippen LogP contribution is -2.39. The van der Waals surface area contributed by atoms with Crippen molar-refractivity contribution in [3.8, 4) is 6.07 Å². The average Bonchev–Trinajstić information content (AvgIpc) is 2.58. The van der Waals surface area contributed by atoms with Crippen LogP contribution in [0, 0.1) is 17.2 Å². The van der Waals surface area contributed by atoms with E-state index in [4.69, 9.17) is 14.3 Å². The minimum atomic E-state index is -1.24. The average molecular weight is 372 g/mol. The van der Waals surface area contributed by atoms with Crippen LogP contribution in [0.2, 0.25) is 0 Å². The van der Waals surface area contributed by atoms with E-state index >= 15 is 0 Å². The number of piperidine rings is 1. The maximum Gasteiger partial charge on any atom is 0.259 e. The highest BCUT2D eigenvalue weighted by Crippen LogP contribution is 2.45. The molecule has 1 rings (SSSR count). The van der Waals surface area contributed by atoms with Crippen LogP contribution in [0.5, 0.6) is 0 Å². The Kier molecular flexibility index (Phi) is 11.2. The first-order valence-electron chi connectivity index (χ1n) is 9.17. The minimum Gasteiger partial charge on any atom is -0.354 e. The Morgan fingerprint density at radius 2 is 1.84 bits per heavy atom. The lowest BCUT2D eigenvalue weighted by atomic mass is 9.97. The number of nitrogens with zero attached hydrogens (tertiary/aromatic N) is 2. The molecule has 0 spiro atoms. The van der Waals surface area contributed by atoms with Crippen molar-refractivity contribution in [2.75, 3.05) is 32.8 Å². The molecule has 0 aliphatic carbocycles. The summed E-state index contributed by atoms with van der Waals surface area (Å²) in [7, 11) is -1.24. The molecule has 2 N–H and O–H groups in total. The summed E-state index contributed by atoms with van der Waals surface area (Å²) in [5, 5.41) is 14.9. The highest BCUT2D eigenvalue weighted by molar-refractivity contribution is 7.44. The molecule has 1 aliphatic rings. The van der Waals surface area contributed by atoms with Crippen LogP contribution >= 0.6 is 8.53 Å². The number of carbonyl (C=O) groups is 1. The molecular formula is C17H33N4O3P. The molecule has 1 fully saturated rings. The fraction of sp³-hybridized carbons (Fsp3) is 0.882. The zero-order chi connectivity index (χ0) is 18.7. The molecular weight excluding hydrogens is 339 g/mol. The highest BCUT2D eigenvalue weighted by Gasteiger charge is 2.27. The van der Waals surface area contributed by atoms with Crippen molar-refractivity contribution in [2.24, 2.45) is 5.92 Å². The van der Waals surface area contributed by atoms with Crippen molar-refractivity contribution in [3.05, 3.63) is 0 Å². The maximum absolute atomic E-state index is 12.1. The first-order chi connectivity index (χ1) is 12.0. The van der Waals surface area contributed by atoms with Gasteiger partial charge in [-0.2, -0.15) is 5.26 Å². The molecule has 7 nitrogen and oxygen atoms in total. The summed E-state index contributed by atoms with van der Waals surface area (Å²) < 4.78 is 13.9. The highest BCUT2D eigenvalue weighted by atomic mass is 31.2. The van der Waals surface area contributed by atoms with Crippen LogP contribution in [0.3, 0.4) is 0 Å². The summed E-state index contributed by atoms with van der Waals surface area (Å²) in [6.07, 6.45) is 2.13. The van der Waals surface area contributed by atoms with Gasteiger partial charge in [-0.05, 0) is 53.6 Å². The Bertz CT molecular complexity index is 415. The standard InChI is InChI=1S/C17H33N4O3P/c1-14(2)21(15(3)4)25(23-12-5-8-18)24-13-11-20-17(22)16-6-9-19-10-7-16/h14-16,19H,5-7,9-13H2,1-4H3,(H,20,22). The SMILES string of the molecule is CC(C)N(C(C)C)P(OCCC#N)OCCNC(=O)C1CCNCC1. The third-order valence-electron chi connectivity index (χ3n) is 3.98. The molecule has 1 unspecified atom stereocenters. The molecule has 1 saturated heterocycles. The maximum atomic E-state index is 12.1. The Hall–Kier alpha value is -0.770. The summed E-state index contributed by atoms with van der Waals surface area (Å²) in [5.41, 5.74) is 0. The summed E-state index contributed by atoms with van der Waals surface area (Å²) in [6.45, 7) is 11.5. The van der Waals surface area contributed by atoms with Gasteiger partial charge >= 0.3 is 0 Å². The second-order valence-corrected chi connectivity index (χ2v) is 8.15. The second kappa shape index (κ2) is 12.6. The van der Waals surface area contributed by atoms with E-state index in [9.17, 15) is 4.79 Å². The van der Waals surface area contributed by atoms with Gasteiger partial charge in [-0.25, -0.2) is 4.67 Å². The van der Waals surface area contributed by atoms with Crippen LogP contribution in [-0.4, -0.2) is 55.5 Å². The third-order valence-corrected chi connectivity index (χ3v) is 6.08. The lowest BCUT2D eigenvalue weighted by molar-refractivity contribution is -0.125. The summed E-state index contributed by atoms with van der Waals surface area (Å²) >= 11 is 0. The molecule has 0 bridgehead atoms. The van der Waals surface area contributed by atoms with Gasteiger partial charge in [0.2, 0.25) is 5.91 Å². The number of nitrogens with one attached hydrogen (secondary N) is 2. The van der Waals surface area contributed by atoms with Crippen molar-refractivity contribution < 1.29 is 13.8 Å². The van der Waals surface area contributed by atoms with E-state index in [1.807, 2.05) is 0 Å². The van der Waals surface area contributed by atoms with Crippen LogP contribution in [0.1, 0.15) is 47.0 Å². The Labute approximate surface area is 153 Å². The van der Waals surface area contributed by atoms with Gasteiger partial charge in [0.1, 0.15) is 0 Å². The van der Waals surface area contributed by atoms with Crippen LogP contribution in [0.25, 0.3) is 0 Å². The van der Waals surface area contributed by atoms with Crippen molar-refractivity contribution >= 4 is 14.4 Å². The monoisotopic (exact) mass is 372 g/mol. The van der Waals surface area contributed by atoms with Crippen molar-refractivity contribution in [1.29, 1.82) is 5.26 Å². The molecule has 0 aromatic heterocycles. The Morgan fingerprint density at radius 3 is 2.40 bits per heavy atom. The van der Waals surface area contributed by atoms with E-state index < -0.39 is 8.53 Å². The molecule has 1 aliphatic heterocycles. The van der Waals surface area contributed by atoms with E-state index in [2.05, 4.69) is 49.1 Å². The molecule has 8 heteroatoms. The van der Waals surface area contributed by atoms with Crippen LogP contribution < -0.4 is 10.6 Å². The first kappa shape index (κ1) is 22.3. The van der Waals surface area contributed by atoms with E-state index in [0.29, 0.717) is 26.2 Å². The van der Waals surface area contributed by atoms with Gasteiger partial charge < -0.3 is 19.7 Å². The Balaban J connectivity index is 2.42. The quantitative estimate of drug-likeness (QED) is 0.428. The normalized spacial score (nSPS) is 17.0. The molecule has 0 aromatic carbocycles. The predicted molar refractivity (Wildman–Crippen MR) is 99.8 cm³/mol. The zero-order valence-corrected chi connectivity index (χ0v) is 16.8. The predicted octanol–water partition coefficient (Wildman–Crippen LogP) is 2.39. The number of carbonyl (C=O) groups excluding carboxylic acids is 1. The third kappa shape index (κ3) is 8.44. The molecule has 1 atom stereocenters. The molecule has 144 valence electrons. The van der Waals surface area contributed by atoms with Gasteiger partial charge in [0.05, 0.1) is 25.7 Å². The fourth-order valence-corrected chi connectivity index (χ4v) is 4.43. The lowest BCUT2D eigenvalue weighted by Gasteiger charge is -2.35. The molecule has 0 aromatic rings. The van der Waals surface area contributed by atoms with Gasteiger partial charge in [-0.1, -0.05) is 0 Å². The van der Waals surface area contributed by atoms with Crippen molar-refractivity contribution in [3.63, 3.8) is 0 Å². The van der Waals surface area contributed by atoms with Gasteiger partial charge in [-0.3, -0.25) is 4.79 Å². The van der Waals surface area contributed by atoms with Gasteiger partial charge in [0, 0.05) is 24.5 Å². The van der Waals surface area contributed by atoms with E-state index in [-0.39, 0.29) is 23.9 Å². The molecule has 1 amide bonds. The van der Waals surface area contributed by atoms with Crippen molar-refractivity contribution in [2.45, 2.75) is 59.0 Å². The number of amides is 1. The van der Waals surface area contributed by atoms with E-state index in [0.717, 1.165) is 25.9 Å². The number of hydrogen-bond donors (Lipinski definition) is 2. The fourth-order valence-electron chi connectivity index (χ4n) is 2.84. The van der Waals surface area contributed by atoms with Gasteiger partial charge in [0.25, 0.3) is 8.53 Å². The Morgan fingerprint density at radius 1 is 1.24 bits per heavy atom. The zero-order valence-electron chi connectivity index (χ0n) is 16.0. The number of nitriles is 1. The van der Waals surface area contributed by atoms with Crippen LogP contribution in [0.15, 0.2) is 0 Å². The molecule has 0 radical (unpaired) electrons. The second-order valence-electron chi connectivity index (χ2n) is 6.70. The van der Waals surface area contributed by atoms with E-state index in [1.165, 1.54) is 0 Å². The number of hydrogen-bond acceptors (Lipinski definition) is 6. The first-order valence-corrected chi connectivity index (χ1v) is 10.3. The van der Waals surface area contributed by atoms with Crippen LogP contribution in [-0.2, 0) is 13.8 Å². The largest absolute Gasteiger partial charge is 0.354 e. The summed E-state index contributed by atoms with van der Waals surface area (Å²) in [6, 6.07) is 2.64.